The first kappa shape index (κ1) is 10.0. The fourth-order valence-corrected chi connectivity index (χ4v) is 2.83. The molecule has 1 aliphatic heterocycles. The van der Waals surface area contributed by atoms with Crippen LogP contribution in [0.4, 0.5) is 0 Å². The van der Waals surface area contributed by atoms with E-state index < -0.39 is 0 Å². The minimum absolute atomic E-state index is 0.854. The Morgan fingerprint density at radius 3 is 2.75 bits per heavy atom. The summed E-state index contributed by atoms with van der Waals surface area (Å²) < 4.78 is 0. The molecule has 0 radical (unpaired) electrons. The Morgan fingerprint density at radius 1 is 1.25 bits per heavy atom. The molecule has 0 N–H and O–H groups in total. The molecule has 1 aromatic rings. The maximum Gasteiger partial charge on any atom is 0.150 e. The second kappa shape index (κ2) is 4.02. The number of fused-ring (bicyclic) bond motifs is 1. The van der Waals surface area contributed by atoms with Crippen LogP contribution in [0, 0.1) is 11.8 Å². The summed E-state index contributed by atoms with van der Waals surface area (Å²) in [6.07, 6.45) is 3.44. The number of piperidine rings is 1. The molecule has 2 heteroatoms. The SMILES string of the molecule is O=Cc1ccccc1CCN1CC2CC2C1. The van der Waals surface area contributed by atoms with Crippen LogP contribution in [0.15, 0.2) is 24.3 Å². The van der Waals surface area contributed by atoms with Gasteiger partial charge < -0.3 is 4.90 Å². The van der Waals surface area contributed by atoms with Gasteiger partial charge in [0.1, 0.15) is 6.29 Å². The second-order valence-corrected chi connectivity index (χ2v) is 5.08. The number of hydrogen-bond acceptors (Lipinski definition) is 2. The van der Waals surface area contributed by atoms with Crippen molar-refractivity contribution in [3.05, 3.63) is 35.4 Å². The van der Waals surface area contributed by atoms with Crippen LogP contribution in [0.25, 0.3) is 0 Å². The van der Waals surface area contributed by atoms with Crippen molar-refractivity contribution in [3.63, 3.8) is 0 Å². The molecule has 84 valence electrons. The first-order valence-electron chi connectivity index (χ1n) is 6.12. The van der Waals surface area contributed by atoms with E-state index in [4.69, 9.17) is 0 Å². The third-order valence-corrected chi connectivity index (χ3v) is 3.93. The predicted octanol–water partition coefficient (Wildman–Crippen LogP) is 1.99. The molecule has 1 saturated carbocycles. The number of carbonyl (C=O) groups excluding carboxylic acids is 1. The molecule has 0 amide bonds. The van der Waals surface area contributed by atoms with E-state index >= 15 is 0 Å². The van der Waals surface area contributed by atoms with Crippen LogP contribution in [-0.4, -0.2) is 30.8 Å². The van der Waals surface area contributed by atoms with Crippen molar-refractivity contribution in [2.24, 2.45) is 11.8 Å². The minimum Gasteiger partial charge on any atom is -0.302 e. The topological polar surface area (TPSA) is 20.3 Å². The van der Waals surface area contributed by atoms with Crippen molar-refractivity contribution in [1.29, 1.82) is 0 Å². The first-order valence-corrected chi connectivity index (χ1v) is 6.12. The molecule has 2 aliphatic rings. The molecule has 0 spiro atoms. The lowest BCUT2D eigenvalue weighted by atomic mass is 10.1. The monoisotopic (exact) mass is 215 g/mol. The number of hydrogen-bond donors (Lipinski definition) is 0. The highest BCUT2D eigenvalue weighted by molar-refractivity contribution is 5.77. The maximum atomic E-state index is 10.9. The minimum atomic E-state index is 0.854. The van der Waals surface area contributed by atoms with Crippen molar-refractivity contribution in [3.8, 4) is 0 Å². The van der Waals surface area contributed by atoms with Crippen LogP contribution in [0.3, 0.4) is 0 Å². The number of aldehydes is 1. The Bertz CT molecular complexity index is 391. The summed E-state index contributed by atoms with van der Waals surface area (Å²) in [5.74, 6) is 2.00. The molecule has 2 nitrogen and oxygen atoms in total. The molecule has 2 atom stereocenters. The van der Waals surface area contributed by atoms with Gasteiger partial charge in [-0.2, -0.15) is 0 Å². The first-order chi connectivity index (χ1) is 7.86. The lowest BCUT2D eigenvalue weighted by Gasteiger charge is -2.17. The highest BCUT2D eigenvalue weighted by Gasteiger charge is 2.44. The van der Waals surface area contributed by atoms with Crippen LogP contribution in [0.2, 0.25) is 0 Å². The average molecular weight is 215 g/mol. The fraction of sp³-hybridized carbons (Fsp3) is 0.500. The summed E-state index contributed by atoms with van der Waals surface area (Å²) in [5.41, 5.74) is 2.05. The number of rotatable bonds is 4. The van der Waals surface area contributed by atoms with E-state index in [9.17, 15) is 4.79 Å². The van der Waals surface area contributed by atoms with Gasteiger partial charge in [-0.25, -0.2) is 0 Å². The zero-order valence-electron chi connectivity index (χ0n) is 9.43. The molecular weight excluding hydrogens is 198 g/mol. The summed E-state index contributed by atoms with van der Waals surface area (Å²) >= 11 is 0. The van der Waals surface area contributed by atoms with Crippen LogP contribution >= 0.6 is 0 Å². The van der Waals surface area contributed by atoms with Crippen molar-refractivity contribution >= 4 is 6.29 Å². The van der Waals surface area contributed by atoms with Crippen molar-refractivity contribution < 1.29 is 4.79 Å². The quantitative estimate of drug-likeness (QED) is 0.716. The molecule has 3 rings (SSSR count). The van der Waals surface area contributed by atoms with Gasteiger partial charge >= 0.3 is 0 Å². The van der Waals surface area contributed by atoms with Gasteiger partial charge in [-0.05, 0) is 30.2 Å². The summed E-state index contributed by atoms with van der Waals surface area (Å²) in [6.45, 7) is 3.68. The Labute approximate surface area is 96.3 Å². The molecule has 1 aromatic carbocycles. The largest absolute Gasteiger partial charge is 0.302 e. The lowest BCUT2D eigenvalue weighted by molar-refractivity contribution is 0.112. The average Bonchev–Trinajstić information content (AvgIpc) is 2.94. The third kappa shape index (κ3) is 1.90. The molecule has 2 unspecified atom stereocenters. The van der Waals surface area contributed by atoms with Crippen LogP contribution in [-0.2, 0) is 6.42 Å². The van der Waals surface area contributed by atoms with Gasteiger partial charge in [-0.1, -0.05) is 24.3 Å². The predicted molar refractivity (Wildman–Crippen MR) is 63.6 cm³/mol. The summed E-state index contributed by atoms with van der Waals surface area (Å²) in [7, 11) is 0. The normalized spacial score (nSPS) is 27.8. The van der Waals surface area contributed by atoms with Gasteiger partial charge in [0.2, 0.25) is 0 Å². The van der Waals surface area contributed by atoms with Crippen molar-refractivity contribution in [2.75, 3.05) is 19.6 Å². The number of nitrogens with zero attached hydrogens (tertiary/aromatic N) is 1. The van der Waals surface area contributed by atoms with E-state index in [1.54, 1.807) is 0 Å². The van der Waals surface area contributed by atoms with Crippen LogP contribution < -0.4 is 0 Å². The zero-order chi connectivity index (χ0) is 11.0. The molecular formula is C14H17NO. The van der Waals surface area contributed by atoms with E-state index in [2.05, 4.69) is 11.0 Å². The Hall–Kier alpha value is -1.15. The van der Waals surface area contributed by atoms with E-state index in [1.807, 2.05) is 18.2 Å². The van der Waals surface area contributed by atoms with Crippen LogP contribution in [0.1, 0.15) is 22.3 Å². The smallest absolute Gasteiger partial charge is 0.150 e. The van der Waals surface area contributed by atoms with E-state index in [0.717, 1.165) is 36.7 Å². The second-order valence-electron chi connectivity index (χ2n) is 5.08. The summed E-state index contributed by atoms with van der Waals surface area (Å²) in [4.78, 5) is 13.4. The highest BCUT2D eigenvalue weighted by atomic mass is 16.1. The standard InChI is InChI=1S/C14H17NO/c16-10-12-4-2-1-3-11(12)5-6-15-8-13-7-14(13)9-15/h1-4,10,13-14H,5-9H2. The van der Waals surface area contributed by atoms with Crippen molar-refractivity contribution in [2.45, 2.75) is 12.8 Å². The molecule has 1 heterocycles. The van der Waals surface area contributed by atoms with Crippen molar-refractivity contribution in [1.82, 2.24) is 4.90 Å². The van der Waals surface area contributed by atoms with Gasteiger partial charge in [0, 0.05) is 25.2 Å². The molecule has 2 fully saturated rings. The molecule has 0 bridgehead atoms. The molecule has 16 heavy (non-hydrogen) atoms. The molecule has 1 saturated heterocycles. The maximum absolute atomic E-state index is 10.9. The lowest BCUT2D eigenvalue weighted by Crippen LogP contribution is -2.25. The van der Waals surface area contributed by atoms with Gasteiger partial charge in [0.15, 0.2) is 0 Å². The number of carbonyl (C=O) groups is 1. The Kier molecular flexibility index (Phi) is 2.52. The zero-order valence-corrected chi connectivity index (χ0v) is 9.43. The molecule has 0 aromatic heterocycles. The number of benzene rings is 1. The molecule has 1 aliphatic carbocycles. The Morgan fingerprint density at radius 2 is 2.00 bits per heavy atom. The van der Waals surface area contributed by atoms with Gasteiger partial charge in [0.05, 0.1) is 0 Å². The summed E-state index contributed by atoms with van der Waals surface area (Å²) in [6, 6.07) is 7.92. The number of likely N-dealkylation sites (tertiary alicyclic amines) is 1. The van der Waals surface area contributed by atoms with Gasteiger partial charge in [-0.15, -0.1) is 0 Å². The third-order valence-electron chi connectivity index (χ3n) is 3.93. The van der Waals surface area contributed by atoms with Gasteiger partial charge in [-0.3, -0.25) is 4.79 Å². The summed E-state index contributed by atoms with van der Waals surface area (Å²) in [5, 5.41) is 0. The van der Waals surface area contributed by atoms with Crippen LogP contribution in [0.5, 0.6) is 0 Å². The van der Waals surface area contributed by atoms with E-state index in [-0.39, 0.29) is 0 Å². The Balaban J connectivity index is 1.59. The fourth-order valence-electron chi connectivity index (χ4n) is 2.83. The highest BCUT2D eigenvalue weighted by Crippen LogP contribution is 2.44. The van der Waals surface area contributed by atoms with Gasteiger partial charge in [0.25, 0.3) is 0 Å². The van der Waals surface area contributed by atoms with E-state index in [1.165, 1.54) is 25.1 Å². The van der Waals surface area contributed by atoms with E-state index in [0.29, 0.717) is 0 Å².